The van der Waals surface area contributed by atoms with Crippen molar-refractivity contribution in [2.45, 2.75) is 84.7 Å². The van der Waals surface area contributed by atoms with Gasteiger partial charge >= 0.3 is 0 Å². The Morgan fingerprint density at radius 1 is 1.30 bits per heavy atom. The summed E-state index contributed by atoms with van der Waals surface area (Å²) < 4.78 is 5.96. The van der Waals surface area contributed by atoms with E-state index in [0.29, 0.717) is 18.3 Å². The lowest BCUT2D eigenvalue weighted by Gasteiger charge is -2.16. The molecule has 8 heteroatoms. The smallest absolute Gasteiger partial charge is 0.294 e. The first-order chi connectivity index (χ1) is 17.7. The molecule has 1 fully saturated rings. The first-order valence-corrected chi connectivity index (χ1v) is 13.2. The normalized spacial score (nSPS) is 15.2. The standard InChI is InChI=1S/C29H41N5O3/c1-6-22(24-19-23(14-13-20(24)2)37-16-10-9-15-29(3,4)36)18-25(30-5)32-28(35)27-31-26(33-34-27)17-21-11-7-8-12-21/h6,13-14,18-19,21,36H,5,7-12,15-17H2,1-4H3,(H,32,35)(H,31,33,34)/b22-6+,25-18+. The van der Waals surface area contributed by atoms with Crippen LogP contribution >= 0.6 is 0 Å². The third kappa shape index (κ3) is 8.97. The van der Waals surface area contributed by atoms with Gasteiger partial charge < -0.3 is 20.1 Å². The van der Waals surface area contributed by atoms with E-state index in [4.69, 9.17) is 4.74 Å². The van der Waals surface area contributed by atoms with Crippen LogP contribution in [-0.4, -0.2) is 45.1 Å². The highest BCUT2D eigenvalue weighted by Crippen LogP contribution is 2.28. The zero-order chi connectivity index (χ0) is 26.8. The second-order valence-electron chi connectivity index (χ2n) is 10.5. The summed E-state index contributed by atoms with van der Waals surface area (Å²) in [7, 11) is 0. The second-order valence-corrected chi connectivity index (χ2v) is 10.5. The number of nitrogens with one attached hydrogen (secondary N) is 2. The molecule has 1 aliphatic carbocycles. The SMILES string of the molecule is C=N/C(=C\C(=C/C)c1cc(OCCCCC(C)(C)O)ccc1C)NC(=O)c1nnc(CC2CCCC2)[nH]1. The minimum Gasteiger partial charge on any atom is -0.494 e. The maximum Gasteiger partial charge on any atom is 0.294 e. The van der Waals surface area contributed by atoms with Gasteiger partial charge in [0.1, 0.15) is 17.4 Å². The molecule has 0 saturated heterocycles. The zero-order valence-electron chi connectivity index (χ0n) is 22.6. The summed E-state index contributed by atoms with van der Waals surface area (Å²) in [6, 6.07) is 5.96. The van der Waals surface area contributed by atoms with Crippen molar-refractivity contribution in [3.63, 3.8) is 0 Å². The number of rotatable bonds is 13. The van der Waals surface area contributed by atoms with Gasteiger partial charge in [-0.3, -0.25) is 4.79 Å². The maximum atomic E-state index is 12.8. The summed E-state index contributed by atoms with van der Waals surface area (Å²) in [5.41, 5.74) is 2.28. The third-order valence-corrected chi connectivity index (χ3v) is 6.69. The number of aryl methyl sites for hydroxylation is 1. The highest BCUT2D eigenvalue weighted by atomic mass is 16.5. The number of nitrogens with zero attached hydrogens (tertiary/aromatic N) is 3. The van der Waals surface area contributed by atoms with Gasteiger partial charge in [-0.15, -0.1) is 10.2 Å². The average Bonchev–Trinajstić information content (AvgIpc) is 3.54. The minimum atomic E-state index is -0.651. The van der Waals surface area contributed by atoms with Gasteiger partial charge in [0.2, 0.25) is 5.82 Å². The number of H-pyrrole nitrogens is 1. The number of aromatic nitrogens is 3. The Balaban J connectivity index is 1.64. The van der Waals surface area contributed by atoms with E-state index < -0.39 is 11.5 Å². The maximum absolute atomic E-state index is 12.8. The Morgan fingerprint density at radius 2 is 2.05 bits per heavy atom. The molecule has 1 saturated carbocycles. The fourth-order valence-corrected chi connectivity index (χ4v) is 4.59. The van der Waals surface area contributed by atoms with Crippen LogP contribution in [-0.2, 0) is 6.42 Å². The molecule has 37 heavy (non-hydrogen) atoms. The molecule has 3 N–H and O–H groups in total. The Hall–Kier alpha value is -3.26. The monoisotopic (exact) mass is 507 g/mol. The Morgan fingerprint density at radius 3 is 2.73 bits per heavy atom. The third-order valence-electron chi connectivity index (χ3n) is 6.69. The molecule has 3 rings (SSSR count). The number of aromatic amines is 1. The molecule has 0 unspecified atom stereocenters. The minimum absolute atomic E-state index is 0.167. The molecular formula is C29H41N5O3. The Labute approximate surface area is 220 Å². The number of unbranched alkanes of at least 4 members (excludes halogenated alkanes) is 1. The van der Waals surface area contributed by atoms with Gasteiger partial charge in [0.05, 0.1) is 12.2 Å². The number of allylic oxidation sites excluding steroid dienone is 3. The molecule has 1 aromatic carbocycles. The number of benzene rings is 1. The quantitative estimate of drug-likeness (QED) is 0.187. The van der Waals surface area contributed by atoms with Gasteiger partial charge in [-0.2, -0.15) is 0 Å². The molecule has 0 bridgehead atoms. The highest BCUT2D eigenvalue weighted by molar-refractivity contribution is 5.92. The molecule has 0 atom stereocenters. The number of aliphatic hydroxyl groups is 1. The number of aliphatic imine (C=N–C) groups is 1. The number of carbonyl (C=O) groups excluding carboxylic acids is 1. The summed E-state index contributed by atoms with van der Waals surface area (Å²) in [6.07, 6.45) is 12.0. The molecule has 1 aromatic heterocycles. The number of ether oxygens (including phenoxy) is 1. The van der Waals surface area contributed by atoms with E-state index in [1.165, 1.54) is 25.7 Å². The first-order valence-electron chi connectivity index (χ1n) is 13.2. The first kappa shape index (κ1) is 28.3. The molecule has 1 aliphatic rings. The van der Waals surface area contributed by atoms with Crippen LogP contribution in [0.3, 0.4) is 0 Å². The van der Waals surface area contributed by atoms with Gasteiger partial charge in [-0.25, -0.2) is 4.99 Å². The number of carbonyl (C=O) groups is 1. The van der Waals surface area contributed by atoms with E-state index in [1.807, 2.05) is 52.0 Å². The largest absolute Gasteiger partial charge is 0.494 e. The van der Waals surface area contributed by atoms with Gasteiger partial charge in [0, 0.05) is 6.42 Å². The summed E-state index contributed by atoms with van der Waals surface area (Å²) in [6.45, 7) is 11.8. The van der Waals surface area contributed by atoms with Crippen LogP contribution in [0.1, 0.15) is 93.3 Å². The van der Waals surface area contributed by atoms with Crippen molar-refractivity contribution in [3.05, 3.63) is 58.9 Å². The van der Waals surface area contributed by atoms with Crippen LogP contribution in [0.4, 0.5) is 0 Å². The molecule has 1 amide bonds. The van der Waals surface area contributed by atoms with E-state index in [1.54, 1.807) is 6.08 Å². The highest BCUT2D eigenvalue weighted by Gasteiger charge is 2.19. The van der Waals surface area contributed by atoms with Crippen molar-refractivity contribution in [2.24, 2.45) is 10.9 Å². The van der Waals surface area contributed by atoms with Crippen molar-refractivity contribution < 1.29 is 14.6 Å². The lowest BCUT2D eigenvalue weighted by Crippen LogP contribution is -2.23. The fourth-order valence-electron chi connectivity index (χ4n) is 4.59. The second kappa shape index (κ2) is 13.3. The average molecular weight is 508 g/mol. The summed E-state index contributed by atoms with van der Waals surface area (Å²) in [5.74, 6) is 2.21. The molecule has 1 heterocycles. The lowest BCUT2D eigenvalue weighted by molar-refractivity contribution is 0.0670. The number of hydrogen-bond acceptors (Lipinski definition) is 6. The van der Waals surface area contributed by atoms with Crippen LogP contribution in [0.2, 0.25) is 0 Å². The van der Waals surface area contributed by atoms with E-state index in [9.17, 15) is 9.90 Å². The fraction of sp³-hybridized carbons (Fsp3) is 0.517. The predicted molar refractivity (Wildman–Crippen MR) is 148 cm³/mol. The molecular weight excluding hydrogens is 466 g/mol. The zero-order valence-corrected chi connectivity index (χ0v) is 22.6. The summed E-state index contributed by atoms with van der Waals surface area (Å²) in [4.78, 5) is 19.9. The van der Waals surface area contributed by atoms with Crippen LogP contribution in [0.5, 0.6) is 5.75 Å². The topological polar surface area (TPSA) is 112 Å². The molecule has 2 aromatic rings. The van der Waals surface area contributed by atoms with Gasteiger partial charge in [0.15, 0.2) is 0 Å². The van der Waals surface area contributed by atoms with Gasteiger partial charge in [-0.05, 0) is 94.5 Å². The number of amides is 1. The molecule has 0 aliphatic heterocycles. The molecule has 0 spiro atoms. The molecule has 8 nitrogen and oxygen atoms in total. The predicted octanol–water partition coefficient (Wildman–Crippen LogP) is 5.54. The van der Waals surface area contributed by atoms with Crippen LogP contribution < -0.4 is 10.1 Å². The Kier molecular flexibility index (Phi) is 10.2. The van der Waals surface area contributed by atoms with E-state index in [-0.39, 0.29) is 5.82 Å². The van der Waals surface area contributed by atoms with Crippen molar-refractivity contribution in [2.75, 3.05) is 6.61 Å². The van der Waals surface area contributed by atoms with Crippen LogP contribution in [0.25, 0.3) is 5.57 Å². The van der Waals surface area contributed by atoms with E-state index in [0.717, 1.165) is 54.0 Å². The van der Waals surface area contributed by atoms with Crippen molar-refractivity contribution >= 4 is 18.2 Å². The van der Waals surface area contributed by atoms with E-state index >= 15 is 0 Å². The van der Waals surface area contributed by atoms with Gasteiger partial charge in [0.25, 0.3) is 5.91 Å². The Bertz CT molecular complexity index is 1120. The number of hydrogen-bond donors (Lipinski definition) is 3. The van der Waals surface area contributed by atoms with E-state index in [2.05, 4.69) is 32.2 Å². The molecule has 0 radical (unpaired) electrons. The summed E-state index contributed by atoms with van der Waals surface area (Å²) >= 11 is 0. The van der Waals surface area contributed by atoms with Gasteiger partial charge in [-0.1, -0.05) is 37.8 Å². The van der Waals surface area contributed by atoms with Crippen LogP contribution in [0.15, 0.2) is 41.2 Å². The van der Waals surface area contributed by atoms with Crippen LogP contribution in [0, 0.1) is 12.8 Å². The lowest BCUT2D eigenvalue weighted by atomic mass is 9.99. The van der Waals surface area contributed by atoms with Crippen molar-refractivity contribution in [3.8, 4) is 5.75 Å². The van der Waals surface area contributed by atoms with Crippen molar-refractivity contribution in [1.82, 2.24) is 20.5 Å². The van der Waals surface area contributed by atoms with Crippen molar-refractivity contribution in [1.29, 1.82) is 0 Å². The molecule has 200 valence electrons. The summed E-state index contributed by atoms with van der Waals surface area (Å²) in [5, 5.41) is 20.8.